The summed E-state index contributed by atoms with van der Waals surface area (Å²) in [5, 5.41) is 5.87. The number of carbonyl (C=O) groups excluding carboxylic acids is 2. The third-order valence-corrected chi connectivity index (χ3v) is 3.83. The predicted octanol–water partition coefficient (Wildman–Crippen LogP) is 1.61. The summed E-state index contributed by atoms with van der Waals surface area (Å²) in [7, 11) is 1.62. The monoisotopic (exact) mass is 284 g/mol. The minimum absolute atomic E-state index is 0.0341. The van der Waals surface area contributed by atoms with Gasteiger partial charge in [-0.2, -0.15) is 0 Å². The van der Waals surface area contributed by atoms with Gasteiger partial charge < -0.3 is 15.4 Å². The Balaban J connectivity index is 2.27. The average Bonchev–Trinajstić information content (AvgIpc) is 2.91. The van der Waals surface area contributed by atoms with Crippen molar-refractivity contribution in [2.75, 3.05) is 13.7 Å². The SMILES string of the molecule is CC[C@@H](COC)NC(=O)C[C@H](C)NC(=O)C1CCCC1. The lowest BCUT2D eigenvalue weighted by molar-refractivity contribution is -0.126. The van der Waals surface area contributed by atoms with Gasteiger partial charge in [0.25, 0.3) is 0 Å². The van der Waals surface area contributed by atoms with Crippen LogP contribution in [0, 0.1) is 5.92 Å². The quantitative estimate of drug-likeness (QED) is 0.711. The first-order chi connectivity index (χ1) is 9.56. The van der Waals surface area contributed by atoms with Crippen LogP contribution >= 0.6 is 0 Å². The van der Waals surface area contributed by atoms with Crippen LogP contribution < -0.4 is 10.6 Å². The van der Waals surface area contributed by atoms with Gasteiger partial charge in [0.1, 0.15) is 0 Å². The van der Waals surface area contributed by atoms with Gasteiger partial charge in [0.05, 0.1) is 12.6 Å². The zero-order valence-electron chi connectivity index (χ0n) is 12.9. The maximum Gasteiger partial charge on any atom is 0.223 e. The van der Waals surface area contributed by atoms with E-state index in [0.29, 0.717) is 13.0 Å². The van der Waals surface area contributed by atoms with E-state index in [1.807, 2.05) is 13.8 Å². The van der Waals surface area contributed by atoms with Crippen LogP contribution in [0.25, 0.3) is 0 Å². The van der Waals surface area contributed by atoms with Crippen LogP contribution in [0.2, 0.25) is 0 Å². The van der Waals surface area contributed by atoms with Crippen molar-refractivity contribution in [3.05, 3.63) is 0 Å². The highest BCUT2D eigenvalue weighted by Gasteiger charge is 2.24. The van der Waals surface area contributed by atoms with Crippen molar-refractivity contribution in [2.45, 2.75) is 64.5 Å². The number of ether oxygens (including phenoxy) is 1. The number of methoxy groups -OCH3 is 1. The second-order valence-electron chi connectivity index (χ2n) is 5.72. The molecule has 1 aliphatic rings. The average molecular weight is 284 g/mol. The highest BCUT2D eigenvalue weighted by molar-refractivity contribution is 5.81. The molecule has 0 bridgehead atoms. The largest absolute Gasteiger partial charge is 0.383 e. The van der Waals surface area contributed by atoms with E-state index in [9.17, 15) is 9.59 Å². The molecule has 0 aromatic carbocycles. The lowest BCUT2D eigenvalue weighted by atomic mass is 10.1. The van der Waals surface area contributed by atoms with Crippen molar-refractivity contribution in [3.8, 4) is 0 Å². The predicted molar refractivity (Wildman–Crippen MR) is 78.3 cm³/mol. The van der Waals surface area contributed by atoms with E-state index in [1.165, 1.54) is 0 Å². The van der Waals surface area contributed by atoms with E-state index in [2.05, 4.69) is 10.6 Å². The Morgan fingerprint density at radius 1 is 1.25 bits per heavy atom. The van der Waals surface area contributed by atoms with Crippen molar-refractivity contribution in [2.24, 2.45) is 5.92 Å². The summed E-state index contributed by atoms with van der Waals surface area (Å²) in [6.07, 6.45) is 5.40. The molecule has 5 heteroatoms. The van der Waals surface area contributed by atoms with Crippen LogP contribution in [-0.2, 0) is 14.3 Å². The van der Waals surface area contributed by atoms with Gasteiger partial charge in [-0.25, -0.2) is 0 Å². The first-order valence-corrected chi connectivity index (χ1v) is 7.65. The number of carbonyl (C=O) groups is 2. The Morgan fingerprint density at radius 3 is 2.45 bits per heavy atom. The summed E-state index contributed by atoms with van der Waals surface area (Å²) < 4.78 is 5.05. The molecule has 0 aromatic heterocycles. The highest BCUT2D eigenvalue weighted by atomic mass is 16.5. The Kier molecular flexibility index (Phi) is 7.59. The molecule has 0 aromatic rings. The Hall–Kier alpha value is -1.10. The second kappa shape index (κ2) is 8.95. The first kappa shape index (κ1) is 17.0. The van der Waals surface area contributed by atoms with Crippen LogP contribution in [-0.4, -0.2) is 37.6 Å². The summed E-state index contributed by atoms with van der Waals surface area (Å²) in [6, 6.07) is -0.0756. The van der Waals surface area contributed by atoms with E-state index in [4.69, 9.17) is 4.74 Å². The summed E-state index contributed by atoms with van der Waals surface area (Å²) in [5.41, 5.74) is 0. The molecule has 0 heterocycles. The minimum Gasteiger partial charge on any atom is -0.383 e. The van der Waals surface area contributed by atoms with Gasteiger partial charge in [-0.3, -0.25) is 9.59 Å². The van der Waals surface area contributed by atoms with Crippen LogP contribution in [0.4, 0.5) is 0 Å². The van der Waals surface area contributed by atoms with Crippen molar-refractivity contribution < 1.29 is 14.3 Å². The normalized spacial score (nSPS) is 18.6. The smallest absolute Gasteiger partial charge is 0.223 e. The molecule has 2 N–H and O–H groups in total. The van der Waals surface area contributed by atoms with E-state index >= 15 is 0 Å². The molecular weight excluding hydrogens is 256 g/mol. The van der Waals surface area contributed by atoms with Crippen molar-refractivity contribution in [1.82, 2.24) is 10.6 Å². The molecule has 0 unspecified atom stereocenters. The van der Waals surface area contributed by atoms with Crippen molar-refractivity contribution >= 4 is 11.8 Å². The van der Waals surface area contributed by atoms with Gasteiger partial charge in [-0.15, -0.1) is 0 Å². The Labute approximate surface area is 121 Å². The summed E-state index contributed by atoms with van der Waals surface area (Å²) in [4.78, 5) is 23.8. The Morgan fingerprint density at radius 2 is 1.90 bits per heavy atom. The minimum atomic E-state index is -0.122. The van der Waals surface area contributed by atoms with Gasteiger partial charge in [0.15, 0.2) is 0 Å². The fraction of sp³-hybridized carbons (Fsp3) is 0.867. The van der Waals surface area contributed by atoms with E-state index in [1.54, 1.807) is 7.11 Å². The van der Waals surface area contributed by atoms with Gasteiger partial charge in [0.2, 0.25) is 11.8 Å². The lowest BCUT2D eigenvalue weighted by Gasteiger charge is -2.19. The molecule has 0 spiro atoms. The number of hydrogen-bond acceptors (Lipinski definition) is 3. The summed E-state index contributed by atoms with van der Waals surface area (Å²) >= 11 is 0. The number of amides is 2. The third kappa shape index (κ3) is 5.90. The number of rotatable bonds is 8. The third-order valence-electron chi connectivity index (χ3n) is 3.83. The van der Waals surface area contributed by atoms with Crippen LogP contribution in [0.1, 0.15) is 52.4 Å². The standard InChI is InChI=1S/C15H28N2O3/c1-4-13(10-20-3)17-14(18)9-11(2)16-15(19)12-7-5-6-8-12/h11-13H,4-10H2,1-3H3,(H,16,19)(H,17,18)/t11-,13-/m0/s1. The second-order valence-corrected chi connectivity index (χ2v) is 5.72. The first-order valence-electron chi connectivity index (χ1n) is 7.65. The molecule has 2 atom stereocenters. The molecular formula is C15H28N2O3. The topological polar surface area (TPSA) is 67.4 Å². The van der Waals surface area contributed by atoms with E-state index in [0.717, 1.165) is 32.1 Å². The summed E-state index contributed by atoms with van der Waals surface area (Å²) in [6.45, 7) is 4.41. The number of nitrogens with one attached hydrogen (secondary N) is 2. The molecule has 0 radical (unpaired) electrons. The molecule has 20 heavy (non-hydrogen) atoms. The van der Waals surface area contributed by atoms with Crippen LogP contribution in [0.3, 0.4) is 0 Å². The molecule has 1 rings (SSSR count). The lowest BCUT2D eigenvalue weighted by Crippen LogP contribution is -2.43. The van der Waals surface area contributed by atoms with E-state index < -0.39 is 0 Å². The molecule has 5 nitrogen and oxygen atoms in total. The fourth-order valence-corrected chi connectivity index (χ4v) is 2.63. The van der Waals surface area contributed by atoms with Gasteiger partial charge in [-0.05, 0) is 26.2 Å². The zero-order valence-corrected chi connectivity index (χ0v) is 12.9. The fourth-order valence-electron chi connectivity index (χ4n) is 2.63. The van der Waals surface area contributed by atoms with Gasteiger partial charge in [-0.1, -0.05) is 19.8 Å². The number of hydrogen-bond donors (Lipinski definition) is 2. The molecule has 116 valence electrons. The highest BCUT2D eigenvalue weighted by Crippen LogP contribution is 2.24. The molecule has 2 amide bonds. The van der Waals surface area contributed by atoms with Crippen LogP contribution in [0.15, 0.2) is 0 Å². The van der Waals surface area contributed by atoms with Gasteiger partial charge in [0, 0.05) is 25.5 Å². The molecule has 1 fully saturated rings. The van der Waals surface area contributed by atoms with Crippen molar-refractivity contribution in [3.63, 3.8) is 0 Å². The maximum atomic E-state index is 12.0. The summed E-state index contributed by atoms with van der Waals surface area (Å²) in [5.74, 6) is 0.220. The molecule has 1 aliphatic carbocycles. The maximum absolute atomic E-state index is 12.0. The molecule has 0 aliphatic heterocycles. The molecule has 0 saturated heterocycles. The van der Waals surface area contributed by atoms with Gasteiger partial charge >= 0.3 is 0 Å². The van der Waals surface area contributed by atoms with Crippen LogP contribution in [0.5, 0.6) is 0 Å². The zero-order chi connectivity index (χ0) is 15.0. The van der Waals surface area contributed by atoms with Crippen molar-refractivity contribution in [1.29, 1.82) is 0 Å². The Bertz CT molecular complexity index is 314. The molecule has 1 saturated carbocycles. The van der Waals surface area contributed by atoms with E-state index in [-0.39, 0.29) is 29.8 Å².